The summed E-state index contributed by atoms with van der Waals surface area (Å²) < 4.78 is 13.7. The van der Waals surface area contributed by atoms with E-state index in [1.807, 2.05) is 26.0 Å². The summed E-state index contributed by atoms with van der Waals surface area (Å²) in [6, 6.07) is 13.9. The monoisotopic (exact) mass is 621 g/mol. The molecule has 1 aromatic heterocycles. The summed E-state index contributed by atoms with van der Waals surface area (Å²) in [6.07, 6.45) is 2.30. The molecule has 0 saturated carbocycles. The molecule has 192 valence electrons. The lowest BCUT2D eigenvalue weighted by Gasteiger charge is -2.16. The van der Waals surface area contributed by atoms with Crippen LogP contribution in [-0.2, 0) is 6.61 Å². The number of aromatic nitrogens is 2. The summed E-state index contributed by atoms with van der Waals surface area (Å²) in [4.78, 5) is 18.2. The zero-order valence-electron chi connectivity index (χ0n) is 20.3. The normalized spacial score (nSPS) is 12.3. The van der Waals surface area contributed by atoms with Crippen LogP contribution < -0.4 is 15.0 Å². The molecule has 10 heteroatoms. The molecule has 0 saturated heterocycles. The van der Waals surface area contributed by atoms with Crippen molar-refractivity contribution in [1.29, 1.82) is 0 Å². The van der Waals surface area contributed by atoms with Gasteiger partial charge in [-0.05, 0) is 42.8 Å². The van der Waals surface area contributed by atoms with Crippen molar-refractivity contribution in [2.45, 2.75) is 32.8 Å². The number of halogens is 4. The summed E-state index contributed by atoms with van der Waals surface area (Å²) in [5.41, 5.74) is 1.60. The molecule has 0 amide bonds. The van der Waals surface area contributed by atoms with Gasteiger partial charge in [-0.1, -0.05) is 70.6 Å². The quantitative estimate of drug-likeness (QED) is 0.186. The highest BCUT2D eigenvalue weighted by molar-refractivity contribution is 9.10. The second-order valence-electron chi connectivity index (χ2n) is 8.35. The Bertz CT molecular complexity index is 1560. The molecule has 6 nitrogen and oxygen atoms in total. The van der Waals surface area contributed by atoms with Gasteiger partial charge < -0.3 is 9.47 Å². The average molecular weight is 624 g/mol. The molecule has 0 fully saturated rings. The molecule has 4 aromatic rings. The van der Waals surface area contributed by atoms with E-state index in [-0.39, 0.29) is 18.1 Å². The standard InChI is InChI=1S/C27H23BrCl3N3O3/c1-4-15(2)26-33-23-8-6-18(28)10-21(23)27(35)34(26)32-13-17-9-20(30)12-24(36-3)25(17)37-14-16-5-7-19(29)11-22(16)31/h5-13,15H,4,14H2,1-3H3/t15-/m0/s1. The van der Waals surface area contributed by atoms with Gasteiger partial charge in [-0.2, -0.15) is 9.78 Å². The predicted molar refractivity (Wildman–Crippen MR) is 154 cm³/mol. The SMILES string of the molecule is CC[C@H](C)c1nc2ccc(Br)cc2c(=O)n1N=Cc1cc(Cl)cc(OC)c1OCc1ccc(Cl)cc1Cl. The maximum atomic E-state index is 13.5. The van der Waals surface area contributed by atoms with E-state index in [9.17, 15) is 4.79 Å². The average Bonchev–Trinajstić information content (AvgIpc) is 2.87. The molecule has 0 bridgehead atoms. The van der Waals surface area contributed by atoms with Crippen molar-refractivity contribution in [3.05, 3.63) is 95.4 Å². The van der Waals surface area contributed by atoms with Gasteiger partial charge >= 0.3 is 0 Å². The molecule has 0 unspecified atom stereocenters. The van der Waals surface area contributed by atoms with Gasteiger partial charge in [0.25, 0.3) is 5.56 Å². The third-order valence-electron chi connectivity index (χ3n) is 5.85. The van der Waals surface area contributed by atoms with Gasteiger partial charge in [-0.15, -0.1) is 0 Å². The Kier molecular flexibility index (Phi) is 8.80. The van der Waals surface area contributed by atoms with Gasteiger partial charge in [0.1, 0.15) is 12.4 Å². The van der Waals surface area contributed by atoms with Crippen LogP contribution in [0.4, 0.5) is 0 Å². The number of methoxy groups -OCH3 is 1. The summed E-state index contributed by atoms with van der Waals surface area (Å²) in [5, 5.41) is 6.44. The predicted octanol–water partition coefficient (Wildman–Crippen LogP) is 8.10. The number of ether oxygens (including phenoxy) is 2. The van der Waals surface area contributed by atoms with Crippen LogP contribution in [0.1, 0.15) is 43.1 Å². The van der Waals surface area contributed by atoms with E-state index in [1.54, 1.807) is 36.4 Å². The van der Waals surface area contributed by atoms with E-state index in [4.69, 9.17) is 49.3 Å². The molecule has 0 aliphatic carbocycles. The van der Waals surface area contributed by atoms with Crippen LogP contribution in [-0.4, -0.2) is 23.0 Å². The molecule has 1 atom stereocenters. The highest BCUT2D eigenvalue weighted by Crippen LogP contribution is 2.35. The minimum Gasteiger partial charge on any atom is -0.493 e. The smallest absolute Gasteiger partial charge is 0.282 e. The lowest BCUT2D eigenvalue weighted by Crippen LogP contribution is -2.23. The molecular formula is C27H23BrCl3N3O3. The van der Waals surface area contributed by atoms with Crippen LogP contribution in [0.2, 0.25) is 15.1 Å². The first kappa shape index (κ1) is 27.5. The molecule has 3 aromatic carbocycles. The molecule has 0 aliphatic rings. The van der Waals surface area contributed by atoms with Crippen molar-refractivity contribution >= 4 is 67.9 Å². The fourth-order valence-corrected chi connectivity index (χ4v) is 4.72. The van der Waals surface area contributed by atoms with Crippen LogP contribution >= 0.6 is 50.7 Å². The maximum Gasteiger partial charge on any atom is 0.282 e. The number of nitrogens with zero attached hydrogens (tertiary/aromatic N) is 3. The Morgan fingerprint density at radius 2 is 1.89 bits per heavy atom. The molecule has 37 heavy (non-hydrogen) atoms. The Labute approximate surface area is 237 Å². The fourth-order valence-electron chi connectivity index (χ4n) is 3.68. The second kappa shape index (κ2) is 11.9. The van der Waals surface area contributed by atoms with E-state index >= 15 is 0 Å². The third kappa shape index (κ3) is 6.12. The van der Waals surface area contributed by atoms with E-state index in [0.717, 1.165) is 16.5 Å². The topological polar surface area (TPSA) is 65.7 Å². The van der Waals surface area contributed by atoms with E-state index in [2.05, 4.69) is 21.0 Å². The summed E-state index contributed by atoms with van der Waals surface area (Å²) in [7, 11) is 1.52. The van der Waals surface area contributed by atoms with Gasteiger partial charge in [0.2, 0.25) is 0 Å². The Balaban J connectivity index is 1.80. The number of rotatable bonds is 8. The highest BCUT2D eigenvalue weighted by atomic mass is 79.9. The Hall–Kier alpha value is -2.58. The minimum absolute atomic E-state index is 0.00504. The number of hydrogen-bond donors (Lipinski definition) is 0. The first-order valence-electron chi connectivity index (χ1n) is 11.4. The van der Waals surface area contributed by atoms with E-state index < -0.39 is 0 Å². The van der Waals surface area contributed by atoms with Gasteiger partial charge in [0.05, 0.1) is 24.2 Å². The fraction of sp³-hybridized carbons (Fsp3) is 0.222. The first-order chi connectivity index (χ1) is 17.7. The second-order valence-corrected chi connectivity index (χ2v) is 10.5. The summed E-state index contributed by atoms with van der Waals surface area (Å²) in [6.45, 7) is 4.19. The van der Waals surface area contributed by atoms with Crippen molar-refractivity contribution < 1.29 is 9.47 Å². The molecule has 0 spiro atoms. The third-order valence-corrected chi connectivity index (χ3v) is 7.15. The minimum atomic E-state index is -0.276. The maximum absolute atomic E-state index is 13.5. The summed E-state index contributed by atoms with van der Waals surface area (Å²) >= 11 is 22.1. The van der Waals surface area contributed by atoms with Crippen molar-refractivity contribution in [2.75, 3.05) is 7.11 Å². The van der Waals surface area contributed by atoms with Crippen molar-refractivity contribution in [3.63, 3.8) is 0 Å². The van der Waals surface area contributed by atoms with Crippen molar-refractivity contribution in [3.8, 4) is 11.5 Å². The first-order valence-corrected chi connectivity index (χ1v) is 13.3. The van der Waals surface area contributed by atoms with Crippen molar-refractivity contribution in [1.82, 2.24) is 9.66 Å². The van der Waals surface area contributed by atoms with Crippen LogP contribution in [0.15, 0.2) is 62.9 Å². The van der Waals surface area contributed by atoms with Crippen LogP contribution in [0.3, 0.4) is 0 Å². The van der Waals surface area contributed by atoms with E-state index in [0.29, 0.717) is 48.9 Å². The lowest BCUT2D eigenvalue weighted by molar-refractivity contribution is 0.284. The van der Waals surface area contributed by atoms with Gasteiger partial charge in [0, 0.05) is 42.7 Å². The summed E-state index contributed by atoms with van der Waals surface area (Å²) in [5.74, 6) is 1.36. The van der Waals surface area contributed by atoms with Gasteiger partial charge in [0.15, 0.2) is 11.5 Å². The molecular weight excluding hydrogens is 601 g/mol. The lowest BCUT2D eigenvalue weighted by atomic mass is 10.1. The zero-order valence-corrected chi connectivity index (χ0v) is 24.1. The molecule has 0 radical (unpaired) electrons. The molecule has 1 heterocycles. The molecule has 4 rings (SSSR count). The molecule has 0 aliphatic heterocycles. The zero-order chi connectivity index (χ0) is 26.7. The van der Waals surface area contributed by atoms with Crippen molar-refractivity contribution in [2.24, 2.45) is 5.10 Å². The van der Waals surface area contributed by atoms with Crippen LogP contribution in [0, 0.1) is 0 Å². The highest BCUT2D eigenvalue weighted by Gasteiger charge is 2.17. The largest absolute Gasteiger partial charge is 0.493 e. The number of fused-ring (bicyclic) bond motifs is 1. The molecule has 0 N–H and O–H groups in total. The van der Waals surface area contributed by atoms with Crippen LogP contribution in [0.25, 0.3) is 10.9 Å². The van der Waals surface area contributed by atoms with Gasteiger partial charge in [-0.3, -0.25) is 4.79 Å². The Morgan fingerprint density at radius 3 is 2.59 bits per heavy atom. The van der Waals surface area contributed by atoms with Crippen LogP contribution in [0.5, 0.6) is 11.5 Å². The number of hydrogen-bond acceptors (Lipinski definition) is 5. The van der Waals surface area contributed by atoms with E-state index in [1.165, 1.54) is 18.0 Å². The van der Waals surface area contributed by atoms with Gasteiger partial charge in [-0.25, -0.2) is 4.98 Å². The Morgan fingerprint density at radius 1 is 1.11 bits per heavy atom. The number of benzene rings is 3.